The molecule has 58 valence electrons. The number of nitrogens with zero attached hydrogens (tertiary/aromatic N) is 1. The molecule has 0 aromatic rings. The Morgan fingerprint density at radius 1 is 1.50 bits per heavy atom. The van der Waals surface area contributed by atoms with Crippen molar-refractivity contribution in [3.05, 3.63) is 0 Å². The van der Waals surface area contributed by atoms with Crippen LogP contribution < -0.4 is 0 Å². The zero-order valence-corrected chi connectivity index (χ0v) is 6.92. The summed E-state index contributed by atoms with van der Waals surface area (Å²) in [6.45, 7) is 6.02. The van der Waals surface area contributed by atoms with Crippen molar-refractivity contribution in [3.8, 4) is 0 Å². The molecule has 0 saturated heterocycles. The smallest absolute Gasteiger partial charge is 0.122 e. The highest BCUT2D eigenvalue weighted by molar-refractivity contribution is 5.85. The second-order valence-electron chi connectivity index (χ2n) is 3.16. The number of hydrogen-bond acceptors (Lipinski definition) is 2. The number of rotatable bonds is 3. The maximum atomic E-state index is 5.09. The molecule has 1 fully saturated rings. The van der Waals surface area contributed by atoms with Crippen molar-refractivity contribution < 1.29 is 4.84 Å². The van der Waals surface area contributed by atoms with Gasteiger partial charge in [0.05, 0.1) is 5.71 Å². The van der Waals surface area contributed by atoms with Gasteiger partial charge in [-0.05, 0) is 33.6 Å². The van der Waals surface area contributed by atoms with Crippen molar-refractivity contribution in [2.45, 2.75) is 39.7 Å². The Labute approximate surface area is 62.3 Å². The molecule has 1 aliphatic carbocycles. The molecule has 0 unspecified atom stereocenters. The minimum absolute atomic E-state index is 0.216. The molecule has 10 heavy (non-hydrogen) atoms. The number of hydrogen-bond donors (Lipinski definition) is 0. The minimum Gasteiger partial charge on any atom is -0.393 e. The van der Waals surface area contributed by atoms with Crippen molar-refractivity contribution in [2.24, 2.45) is 11.1 Å². The third-order valence-electron chi connectivity index (χ3n) is 1.58. The predicted octanol–water partition coefficient (Wildman–Crippen LogP) is 2.20. The Morgan fingerprint density at radius 2 is 2.10 bits per heavy atom. The molecule has 0 radical (unpaired) electrons. The monoisotopic (exact) mass is 141 g/mol. The quantitative estimate of drug-likeness (QED) is 0.436. The van der Waals surface area contributed by atoms with Gasteiger partial charge in [0.1, 0.15) is 6.10 Å². The van der Waals surface area contributed by atoms with E-state index in [4.69, 9.17) is 4.84 Å². The number of oxime groups is 1. The Bertz CT molecular complexity index is 136. The molecule has 0 atom stereocenters. The molecule has 0 N–H and O–H groups in total. The van der Waals surface area contributed by atoms with Crippen molar-refractivity contribution in [3.63, 3.8) is 0 Å². The van der Waals surface area contributed by atoms with Crippen LogP contribution in [-0.4, -0.2) is 11.8 Å². The summed E-state index contributed by atoms with van der Waals surface area (Å²) in [5, 5.41) is 4.00. The fourth-order valence-corrected chi connectivity index (χ4v) is 0.764. The van der Waals surface area contributed by atoms with Crippen molar-refractivity contribution in [2.75, 3.05) is 0 Å². The molecule has 1 saturated carbocycles. The molecule has 0 aromatic heterocycles. The highest BCUT2D eigenvalue weighted by Crippen LogP contribution is 2.30. The SMILES string of the molecule is C/C(=N/OC(C)C)C1CC1. The second kappa shape index (κ2) is 3.04. The molecule has 0 amide bonds. The molecule has 0 aliphatic heterocycles. The van der Waals surface area contributed by atoms with Crippen LogP contribution in [0.15, 0.2) is 5.16 Å². The first-order chi connectivity index (χ1) is 4.70. The van der Waals surface area contributed by atoms with E-state index in [-0.39, 0.29) is 6.10 Å². The Balaban J connectivity index is 2.23. The predicted molar refractivity (Wildman–Crippen MR) is 42.1 cm³/mol. The van der Waals surface area contributed by atoms with Gasteiger partial charge >= 0.3 is 0 Å². The first-order valence-corrected chi connectivity index (χ1v) is 3.90. The largest absolute Gasteiger partial charge is 0.393 e. The third-order valence-corrected chi connectivity index (χ3v) is 1.58. The van der Waals surface area contributed by atoms with Gasteiger partial charge in [-0.3, -0.25) is 0 Å². The fourth-order valence-electron chi connectivity index (χ4n) is 0.764. The third kappa shape index (κ3) is 2.38. The standard InChI is InChI=1S/C8H15NO/c1-6(2)10-9-7(3)8-4-5-8/h6,8H,4-5H2,1-3H3/b9-7-. The molecule has 1 aliphatic rings. The van der Waals surface area contributed by atoms with Crippen molar-refractivity contribution in [1.29, 1.82) is 0 Å². The van der Waals surface area contributed by atoms with Crippen LogP contribution in [0.25, 0.3) is 0 Å². The lowest BCUT2D eigenvalue weighted by atomic mass is 10.3. The summed E-state index contributed by atoms with van der Waals surface area (Å²) < 4.78 is 0. The summed E-state index contributed by atoms with van der Waals surface area (Å²) in [4.78, 5) is 5.09. The summed E-state index contributed by atoms with van der Waals surface area (Å²) in [5.74, 6) is 0.735. The van der Waals surface area contributed by atoms with Crippen LogP contribution in [0.4, 0.5) is 0 Å². The van der Waals surface area contributed by atoms with Crippen LogP contribution >= 0.6 is 0 Å². The Kier molecular flexibility index (Phi) is 2.30. The van der Waals surface area contributed by atoms with Gasteiger partial charge in [0.25, 0.3) is 0 Å². The molecule has 2 nitrogen and oxygen atoms in total. The van der Waals surface area contributed by atoms with E-state index in [9.17, 15) is 0 Å². The Morgan fingerprint density at radius 3 is 2.50 bits per heavy atom. The van der Waals surface area contributed by atoms with E-state index in [1.165, 1.54) is 12.8 Å². The van der Waals surface area contributed by atoms with E-state index in [1.807, 2.05) is 20.8 Å². The second-order valence-corrected chi connectivity index (χ2v) is 3.16. The average Bonchev–Trinajstić information content (AvgIpc) is 2.63. The molecule has 0 aromatic carbocycles. The molecule has 0 bridgehead atoms. The van der Waals surface area contributed by atoms with E-state index in [0.717, 1.165) is 11.6 Å². The molecule has 2 heteroatoms. The normalized spacial score (nSPS) is 19.8. The van der Waals surface area contributed by atoms with Crippen molar-refractivity contribution >= 4 is 5.71 Å². The minimum atomic E-state index is 0.216. The van der Waals surface area contributed by atoms with Gasteiger partial charge in [-0.25, -0.2) is 0 Å². The lowest BCUT2D eigenvalue weighted by molar-refractivity contribution is 0.0851. The summed E-state index contributed by atoms with van der Waals surface area (Å²) in [6.07, 6.45) is 2.82. The van der Waals surface area contributed by atoms with Crippen LogP contribution in [0.5, 0.6) is 0 Å². The van der Waals surface area contributed by atoms with Crippen LogP contribution in [0, 0.1) is 5.92 Å². The zero-order chi connectivity index (χ0) is 7.56. The van der Waals surface area contributed by atoms with E-state index >= 15 is 0 Å². The van der Waals surface area contributed by atoms with E-state index in [2.05, 4.69) is 5.16 Å². The van der Waals surface area contributed by atoms with E-state index in [0.29, 0.717) is 0 Å². The summed E-state index contributed by atoms with van der Waals surface area (Å²) in [7, 11) is 0. The van der Waals surface area contributed by atoms with Crippen LogP contribution in [0.3, 0.4) is 0 Å². The topological polar surface area (TPSA) is 21.6 Å². The molecular weight excluding hydrogens is 126 g/mol. The maximum absolute atomic E-state index is 5.09. The van der Waals surface area contributed by atoms with Gasteiger partial charge in [0.2, 0.25) is 0 Å². The molecular formula is C8H15NO. The molecule has 0 heterocycles. The highest BCUT2D eigenvalue weighted by atomic mass is 16.6. The van der Waals surface area contributed by atoms with E-state index in [1.54, 1.807) is 0 Å². The van der Waals surface area contributed by atoms with E-state index < -0.39 is 0 Å². The van der Waals surface area contributed by atoms with Gasteiger partial charge in [0, 0.05) is 5.92 Å². The Hall–Kier alpha value is -0.530. The van der Waals surface area contributed by atoms with Crippen LogP contribution in [0.1, 0.15) is 33.6 Å². The lowest BCUT2D eigenvalue weighted by Gasteiger charge is -2.02. The zero-order valence-electron chi connectivity index (χ0n) is 6.92. The van der Waals surface area contributed by atoms with Crippen LogP contribution in [-0.2, 0) is 4.84 Å². The summed E-state index contributed by atoms with van der Waals surface area (Å²) in [5.41, 5.74) is 1.16. The van der Waals surface area contributed by atoms with Crippen LogP contribution in [0.2, 0.25) is 0 Å². The van der Waals surface area contributed by atoms with Gasteiger partial charge in [0.15, 0.2) is 0 Å². The van der Waals surface area contributed by atoms with Gasteiger partial charge < -0.3 is 4.84 Å². The lowest BCUT2D eigenvalue weighted by Crippen LogP contribution is -2.01. The first-order valence-electron chi connectivity index (χ1n) is 3.90. The highest BCUT2D eigenvalue weighted by Gasteiger charge is 2.24. The fraction of sp³-hybridized carbons (Fsp3) is 0.875. The summed E-state index contributed by atoms with van der Waals surface area (Å²) >= 11 is 0. The maximum Gasteiger partial charge on any atom is 0.122 e. The van der Waals surface area contributed by atoms with Crippen molar-refractivity contribution in [1.82, 2.24) is 0 Å². The van der Waals surface area contributed by atoms with Gasteiger partial charge in [-0.2, -0.15) is 0 Å². The van der Waals surface area contributed by atoms with Gasteiger partial charge in [-0.1, -0.05) is 5.16 Å². The molecule has 0 spiro atoms. The molecule has 1 rings (SSSR count). The summed E-state index contributed by atoms with van der Waals surface area (Å²) in [6, 6.07) is 0. The van der Waals surface area contributed by atoms with Gasteiger partial charge in [-0.15, -0.1) is 0 Å². The first kappa shape index (κ1) is 7.58. The average molecular weight is 141 g/mol.